The van der Waals surface area contributed by atoms with E-state index in [0.717, 1.165) is 32.6 Å². The van der Waals surface area contributed by atoms with Gasteiger partial charge in [-0.05, 0) is 37.3 Å². The van der Waals surface area contributed by atoms with Gasteiger partial charge in [0.05, 0.1) is 16.6 Å². The van der Waals surface area contributed by atoms with Crippen molar-refractivity contribution in [3.8, 4) is 11.5 Å². The van der Waals surface area contributed by atoms with E-state index in [9.17, 15) is 9.59 Å². The maximum absolute atomic E-state index is 12.4. The lowest BCUT2D eigenvalue weighted by Gasteiger charge is -2.35. The third-order valence-electron chi connectivity index (χ3n) is 5.91. The monoisotopic (exact) mass is 397 g/mol. The molecular formula is C20H23N5O4. The molecule has 5 rings (SSSR count). The summed E-state index contributed by atoms with van der Waals surface area (Å²) >= 11 is 0. The molecule has 1 atom stereocenters. The van der Waals surface area contributed by atoms with Gasteiger partial charge in [0.25, 0.3) is 5.89 Å². The maximum atomic E-state index is 12.4. The largest absolute Gasteiger partial charge is 0.381 e. The van der Waals surface area contributed by atoms with E-state index >= 15 is 0 Å². The molecule has 2 N–H and O–H groups in total. The van der Waals surface area contributed by atoms with Crippen LogP contribution < -0.4 is 5.69 Å². The van der Waals surface area contributed by atoms with Gasteiger partial charge in [0, 0.05) is 38.6 Å². The second-order valence-electron chi connectivity index (χ2n) is 7.86. The molecule has 29 heavy (non-hydrogen) atoms. The Morgan fingerprint density at radius 3 is 2.86 bits per heavy atom. The Bertz CT molecular complexity index is 1080. The van der Waals surface area contributed by atoms with E-state index in [0.29, 0.717) is 53.6 Å². The normalized spacial score (nSPS) is 21.2. The molecule has 1 amide bonds. The highest BCUT2D eigenvalue weighted by atomic mass is 16.5. The third-order valence-corrected chi connectivity index (χ3v) is 5.91. The van der Waals surface area contributed by atoms with Gasteiger partial charge in [0.15, 0.2) is 5.82 Å². The van der Waals surface area contributed by atoms with Gasteiger partial charge in [-0.25, -0.2) is 4.79 Å². The quantitative estimate of drug-likeness (QED) is 0.696. The van der Waals surface area contributed by atoms with Crippen LogP contribution in [0.25, 0.3) is 22.5 Å². The van der Waals surface area contributed by atoms with Crippen molar-refractivity contribution in [1.29, 1.82) is 0 Å². The summed E-state index contributed by atoms with van der Waals surface area (Å²) in [5.74, 6) is 1.73. The molecule has 2 aromatic heterocycles. The Morgan fingerprint density at radius 1 is 1.14 bits per heavy atom. The van der Waals surface area contributed by atoms with Crippen molar-refractivity contribution in [2.45, 2.75) is 31.6 Å². The molecule has 4 heterocycles. The number of hydrogen-bond donors (Lipinski definition) is 2. The molecule has 1 unspecified atom stereocenters. The maximum Gasteiger partial charge on any atom is 0.323 e. The Morgan fingerprint density at radius 2 is 2.00 bits per heavy atom. The van der Waals surface area contributed by atoms with Gasteiger partial charge >= 0.3 is 5.69 Å². The standard InChI is InChI=1S/C20H23N5O4/c26-16-5-4-13(11-25(16)10-12-6-8-28-9-7-12)18-23-19(29-24-18)14-2-1-3-15-17(14)22-20(27)21-15/h1-3,12-13H,4-11H2,(H2,21,22,27). The molecule has 0 saturated carbocycles. The number of imidazole rings is 1. The molecule has 0 radical (unpaired) electrons. The lowest BCUT2D eigenvalue weighted by Crippen LogP contribution is -2.43. The minimum atomic E-state index is -0.276. The third kappa shape index (κ3) is 3.57. The second kappa shape index (κ2) is 7.47. The molecule has 0 aliphatic carbocycles. The van der Waals surface area contributed by atoms with E-state index in [1.54, 1.807) is 0 Å². The van der Waals surface area contributed by atoms with E-state index in [1.165, 1.54) is 0 Å². The highest BCUT2D eigenvalue weighted by Crippen LogP contribution is 2.30. The first kappa shape index (κ1) is 18.1. The first-order chi connectivity index (χ1) is 14.2. The first-order valence-electron chi connectivity index (χ1n) is 10.1. The number of rotatable bonds is 4. The predicted molar refractivity (Wildman–Crippen MR) is 104 cm³/mol. The molecular weight excluding hydrogens is 374 g/mol. The first-order valence-corrected chi connectivity index (χ1v) is 10.1. The van der Waals surface area contributed by atoms with Crippen LogP contribution in [-0.2, 0) is 9.53 Å². The number of para-hydroxylation sites is 1. The van der Waals surface area contributed by atoms with Gasteiger partial charge in [-0.15, -0.1) is 0 Å². The van der Waals surface area contributed by atoms with Crippen molar-refractivity contribution in [1.82, 2.24) is 25.0 Å². The highest BCUT2D eigenvalue weighted by molar-refractivity contribution is 5.89. The average molecular weight is 397 g/mol. The van der Waals surface area contributed by atoms with Crippen LogP contribution in [0, 0.1) is 5.92 Å². The zero-order valence-corrected chi connectivity index (χ0v) is 16.0. The molecule has 2 aliphatic heterocycles. The molecule has 2 aliphatic rings. The molecule has 9 nitrogen and oxygen atoms in total. The summed E-state index contributed by atoms with van der Waals surface area (Å²) in [6, 6.07) is 5.49. The van der Waals surface area contributed by atoms with Crippen molar-refractivity contribution < 1.29 is 14.1 Å². The Balaban J connectivity index is 1.35. The number of ether oxygens (including phenoxy) is 1. The van der Waals surface area contributed by atoms with Crippen LogP contribution in [0.4, 0.5) is 0 Å². The topological polar surface area (TPSA) is 117 Å². The number of benzene rings is 1. The summed E-state index contributed by atoms with van der Waals surface area (Å²) in [6.07, 6.45) is 3.21. The molecule has 152 valence electrons. The van der Waals surface area contributed by atoms with Crippen LogP contribution in [0.15, 0.2) is 27.5 Å². The van der Waals surface area contributed by atoms with Crippen LogP contribution in [0.1, 0.15) is 37.4 Å². The van der Waals surface area contributed by atoms with E-state index in [2.05, 4.69) is 20.1 Å². The lowest BCUT2D eigenvalue weighted by molar-refractivity contribution is -0.135. The number of likely N-dealkylation sites (tertiary alicyclic amines) is 1. The number of piperidine rings is 1. The van der Waals surface area contributed by atoms with Crippen molar-refractivity contribution in [2.75, 3.05) is 26.3 Å². The Labute approximate surface area is 166 Å². The van der Waals surface area contributed by atoms with Crippen molar-refractivity contribution in [3.05, 3.63) is 34.5 Å². The van der Waals surface area contributed by atoms with Gasteiger partial charge in [0.2, 0.25) is 5.91 Å². The van der Waals surface area contributed by atoms with E-state index in [4.69, 9.17) is 9.26 Å². The number of fused-ring (bicyclic) bond motifs is 1. The van der Waals surface area contributed by atoms with Crippen molar-refractivity contribution in [2.24, 2.45) is 5.92 Å². The Kier molecular flexibility index (Phi) is 4.67. The Hall–Kier alpha value is -2.94. The molecule has 1 aromatic carbocycles. The van der Waals surface area contributed by atoms with Crippen LogP contribution in [0.2, 0.25) is 0 Å². The van der Waals surface area contributed by atoms with Crippen molar-refractivity contribution >= 4 is 16.9 Å². The van der Waals surface area contributed by atoms with Crippen LogP contribution in [0.5, 0.6) is 0 Å². The molecule has 0 bridgehead atoms. The summed E-state index contributed by atoms with van der Waals surface area (Å²) in [7, 11) is 0. The molecule has 3 aromatic rings. The fraction of sp³-hybridized carbons (Fsp3) is 0.500. The number of aromatic nitrogens is 4. The summed E-state index contributed by atoms with van der Waals surface area (Å²) in [5, 5.41) is 4.19. The predicted octanol–water partition coefficient (Wildman–Crippen LogP) is 2.04. The number of nitrogens with zero attached hydrogens (tertiary/aromatic N) is 3. The van der Waals surface area contributed by atoms with Gasteiger partial charge < -0.3 is 24.1 Å². The molecule has 2 fully saturated rings. The SMILES string of the molecule is O=C1CCC(c2noc(-c3cccc4[nH]c(=O)[nH]c34)n2)CN1CC1CCOCC1. The van der Waals surface area contributed by atoms with Crippen LogP contribution in [0.3, 0.4) is 0 Å². The number of carbonyl (C=O) groups excluding carboxylic acids is 1. The van der Waals surface area contributed by atoms with E-state index < -0.39 is 0 Å². The van der Waals surface area contributed by atoms with Crippen LogP contribution in [-0.4, -0.2) is 57.2 Å². The minimum absolute atomic E-state index is 0.0505. The van der Waals surface area contributed by atoms with Gasteiger partial charge in [0.1, 0.15) is 0 Å². The number of carbonyl (C=O) groups is 1. The lowest BCUT2D eigenvalue weighted by atomic mass is 9.93. The number of amides is 1. The average Bonchev–Trinajstić information content (AvgIpc) is 3.36. The highest BCUT2D eigenvalue weighted by Gasteiger charge is 2.31. The van der Waals surface area contributed by atoms with Crippen molar-refractivity contribution in [3.63, 3.8) is 0 Å². The number of H-pyrrole nitrogens is 2. The zero-order valence-electron chi connectivity index (χ0n) is 16.0. The summed E-state index contributed by atoms with van der Waals surface area (Å²) in [4.78, 5) is 36.1. The summed E-state index contributed by atoms with van der Waals surface area (Å²) < 4.78 is 10.9. The van der Waals surface area contributed by atoms with Crippen LogP contribution >= 0.6 is 0 Å². The summed E-state index contributed by atoms with van der Waals surface area (Å²) in [5.41, 5.74) is 1.75. The number of nitrogens with one attached hydrogen (secondary N) is 2. The molecule has 0 spiro atoms. The van der Waals surface area contributed by atoms with Gasteiger partial charge in [-0.2, -0.15) is 4.98 Å². The minimum Gasteiger partial charge on any atom is -0.381 e. The second-order valence-corrected chi connectivity index (χ2v) is 7.86. The fourth-order valence-corrected chi connectivity index (χ4v) is 4.29. The smallest absolute Gasteiger partial charge is 0.323 e. The number of aromatic amines is 2. The van der Waals surface area contributed by atoms with E-state index in [1.807, 2.05) is 23.1 Å². The molecule has 2 saturated heterocycles. The van der Waals surface area contributed by atoms with E-state index in [-0.39, 0.29) is 17.5 Å². The molecule has 9 heteroatoms. The summed E-state index contributed by atoms with van der Waals surface area (Å²) in [6.45, 7) is 2.93. The zero-order chi connectivity index (χ0) is 19.8. The fourth-order valence-electron chi connectivity index (χ4n) is 4.29. The number of hydrogen-bond acceptors (Lipinski definition) is 6. The van der Waals surface area contributed by atoms with Gasteiger partial charge in [-0.3, -0.25) is 4.79 Å². The van der Waals surface area contributed by atoms with Gasteiger partial charge in [-0.1, -0.05) is 11.2 Å².